The minimum absolute atomic E-state index is 0.107. The Kier molecular flexibility index (Phi) is 5.32. The van der Waals surface area contributed by atoms with Crippen molar-refractivity contribution in [2.45, 2.75) is 32.0 Å². The van der Waals surface area contributed by atoms with Crippen molar-refractivity contribution < 1.29 is 4.42 Å². The molecule has 0 unspecified atom stereocenters. The van der Waals surface area contributed by atoms with Gasteiger partial charge in [-0.3, -0.25) is 4.98 Å². The summed E-state index contributed by atoms with van der Waals surface area (Å²) in [5, 5.41) is 5.07. The lowest BCUT2D eigenvalue weighted by molar-refractivity contribution is 0.237. The highest BCUT2D eigenvalue weighted by atomic mass is 35.5. The normalized spacial score (nSPS) is 19.3. The van der Waals surface area contributed by atoms with Gasteiger partial charge in [0.2, 0.25) is 0 Å². The Bertz CT molecular complexity index is 1010. The number of halogens is 2. The second-order valence-electron chi connectivity index (χ2n) is 6.93. The van der Waals surface area contributed by atoms with Crippen molar-refractivity contribution in [2.75, 3.05) is 0 Å². The molecule has 0 amide bonds. The zero-order chi connectivity index (χ0) is 19.8. The van der Waals surface area contributed by atoms with Crippen molar-refractivity contribution in [1.82, 2.24) is 15.2 Å². The molecule has 0 spiro atoms. The molecule has 1 aromatic carbocycles. The molecule has 1 saturated heterocycles. The van der Waals surface area contributed by atoms with Gasteiger partial charge < -0.3 is 14.6 Å². The van der Waals surface area contributed by atoms with Gasteiger partial charge in [0.25, 0.3) is 0 Å². The molecule has 0 saturated carbocycles. The molecule has 1 N–H and O–H groups in total. The molecule has 4 nitrogen and oxygen atoms in total. The second-order valence-corrected chi connectivity index (χ2v) is 8.10. The van der Waals surface area contributed by atoms with Crippen LogP contribution >= 0.6 is 35.4 Å². The zero-order valence-electron chi connectivity index (χ0n) is 15.4. The maximum absolute atomic E-state index is 6.38. The van der Waals surface area contributed by atoms with Crippen LogP contribution in [0.25, 0.3) is 11.3 Å². The first kappa shape index (κ1) is 19.2. The van der Waals surface area contributed by atoms with E-state index >= 15 is 0 Å². The fourth-order valence-electron chi connectivity index (χ4n) is 3.58. The van der Waals surface area contributed by atoms with Gasteiger partial charge in [-0.1, -0.05) is 35.3 Å². The summed E-state index contributed by atoms with van der Waals surface area (Å²) in [7, 11) is 0. The van der Waals surface area contributed by atoms with Crippen LogP contribution in [-0.2, 0) is 0 Å². The number of pyridine rings is 1. The summed E-state index contributed by atoms with van der Waals surface area (Å²) >= 11 is 18.2. The van der Waals surface area contributed by atoms with Crippen LogP contribution in [0.2, 0.25) is 10.0 Å². The van der Waals surface area contributed by atoms with Crippen molar-refractivity contribution >= 4 is 40.5 Å². The third-order valence-corrected chi connectivity index (χ3v) is 5.97. The number of thiocarbonyl (C=S) groups is 1. The average molecular weight is 432 g/mol. The highest BCUT2D eigenvalue weighted by molar-refractivity contribution is 7.80. The van der Waals surface area contributed by atoms with E-state index in [-0.39, 0.29) is 18.1 Å². The van der Waals surface area contributed by atoms with E-state index in [0.717, 1.165) is 17.0 Å². The van der Waals surface area contributed by atoms with Gasteiger partial charge in [-0.2, -0.15) is 0 Å². The van der Waals surface area contributed by atoms with E-state index in [1.807, 2.05) is 42.5 Å². The van der Waals surface area contributed by atoms with Crippen LogP contribution in [0.15, 0.2) is 59.1 Å². The van der Waals surface area contributed by atoms with Gasteiger partial charge in [0.05, 0.1) is 21.8 Å². The summed E-state index contributed by atoms with van der Waals surface area (Å²) in [6, 6.07) is 15.2. The minimum Gasteiger partial charge on any atom is -0.459 e. The number of furan rings is 1. The van der Waals surface area contributed by atoms with Crippen LogP contribution < -0.4 is 5.32 Å². The largest absolute Gasteiger partial charge is 0.459 e. The van der Waals surface area contributed by atoms with E-state index in [1.54, 1.807) is 12.3 Å². The Morgan fingerprint density at radius 3 is 2.64 bits per heavy atom. The Balaban J connectivity index is 1.77. The molecule has 4 rings (SSSR count). The van der Waals surface area contributed by atoms with E-state index in [9.17, 15) is 0 Å². The molecule has 0 bridgehead atoms. The first-order valence-electron chi connectivity index (χ1n) is 9.01. The van der Waals surface area contributed by atoms with Crippen molar-refractivity contribution in [2.24, 2.45) is 0 Å². The molecule has 3 heterocycles. The predicted molar refractivity (Wildman–Crippen MR) is 117 cm³/mol. The van der Waals surface area contributed by atoms with Gasteiger partial charge in [0.15, 0.2) is 5.11 Å². The molecule has 1 aliphatic heterocycles. The van der Waals surface area contributed by atoms with E-state index in [0.29, 0.717) is 20.9 Å². The molecule has 1 aliphatic rings. The molecule has 2 atom stereocenters. The number of benzene rings is 1. The molecular formula is C21H19Cl2N3OS. The predicted octanol–water partition coefficient (Wildman–Crippen LogP) is 6.03. The Morgan fingerprint density at radius 2 is 1.93 bits per heavy atom. The Hall–Kier alpha value is -2.08. The molecular weight excluding hydrogens is 413 g/mol. The van der Waals surface area contributed by atoms with Gasteiger partial charge >= 0.3 is 0 Å². The highest BCUT2D eigenvalue weighted by Gasteiger charge is 2.42. The Morgan fingerprint density at radius 1 is 1.11 bits per heavy atom. The smallest absolute Gasteiger partial charge is 0.170 e. The number of rotatable bonds is 4. The summed E-state index contributed by atoms with van der Waals surface area (Å²) in [4.78, 5) is 6.68. The summed E-state index contributed by atoms with van der Waals surface area (Å²) in [5.74, 6) is 1.46. The maximum Gasteiger partial charge on any atom is 0.170 e. The highest BCUT2D eigenvalue weighted by Crippen LogP contribution is 2.42. The molecule has 3 aromatic rings. The van der Waals surface area contributed by atoms with Gasteiger partial charge in [0.1, 0.15) is 17.6 Å². The first-order chi connectivity index (χ1) is 13.5. The average Bonchev–Trinajstić information content (AvgIpc) is 3.29. The number of aromatic nitrogens is 1. The van der Waals surface area contributed by atoms with E-state index in [4.69, 9.17) is 39.8 Å². The lowest BCUT2D eigenvalue weighted by Crippen LogP contribution is -2.35. The van der Waals surface area contributed by atoms with E-state index in [2.05, 4.69) is 29.0 Å². The zero-order valence-corrected chi connectivity index (χ0v) is 17.7. The lowest BCUT2D eigenvalue weighted by Gasteiger charge is -2.29. The van der Waals surface area contributed by atoms with E-state index < -0.39 is 0 Å². The van der Waals surface area contributed by atoms with Crippen LogP contribution in [0.5, 0.6) is 0 Å². The van der Waals surface area contributed by atoms with Crippen LogP contribution in [0.1, 0.15) is 37.4 Å². The molecule has 28 heavy (non-hydrogen) atoms. The first-order valence-corrected chi connectivity index (χ1v) is 10.2. The molecule has 2 aromatic heterocycles. The Labute approximate surface area is 179 Å². The van der Waals surface area contributed by atoms with Crippen LogP contribution in [0.4, 0.5) is 0 Å². The minimum atomic E-state index is -0.117. The standard InChI is InChI=1S/C21H19Cl2N3OS/c1-12(2)26-20(19(25-21(26)28)15-8-3-4-11-24-15)17-10-9-16(27-17)13-6-5-7-14(22)18(13)23/h3-12,19-20H,1-2H3,(H,25,28)/t19-,20+/m0/s1. The monoisotopic (exact) mass is 431 g/mol. The van der Waals surface area contributed by atoms with Crippen molar-refractivity contribution in [1.29, 1.82) is 0 Å². The topological polar surface area (TPSA) is 41.3 Å². The molecule has 1 fully saturated rings. The summed E-state index contributed by atoms with van der Waals surface area (Å²) in [6.07, 6.45) is 1.79. The van der Waals surface area contributed by atoms with E-state index in [1.165, 1.54) is 0 Å². The fourth-order valence-corrected chi connectivity index (χ4v) is 4.42. The van der Waals surface area contributed by atoms with Crippen molar-refractivity contribution in [3.63, 3.8) is 0 Å². The molecule has 7 heteroatoms. The van der Waals surface area contributed by atoms with Crippen LogP contribution in [0, 0.1) is 0 Å². The van der Waals surface area contributed by atoms with Crippen molar-refractivity contribution in [3.05, 3.63) is 76.2 Å². The number of hydrogen-bond acceptors (Lipinski definition) is 3. The van der Waals surface area contributed by atoms with Crippen LogP contribution in [0.3, 0.4) is 0 Å². The third-order valence-electron chi connectivity index (χ3n) is 4.83. The third kappa shape index (κ3) is 3.39. The number of nitrogens with one attached hydrogen (secondary N) is 1. The summed E-state index contributed by atoms with van der Waals surface area (Å²) in [6.45, 7) is 4.22. The van der Waals surface area contributed by atoms with Crippen molar-refractivity contribution in [3.8, 4) is 11.3 Å². The summed E-state index contributed by atoms with van der Waals surface area (Å²) in [5.41, 5.74) is 1.68. The quantitative estimate of drug-likeness (QED) is 0.510. The molecule has 0 radical (unpaired) electrons. The molecule has 144 valence electrons. The SMILES string of the molecule is CC(C)N1C(=S)N[C@@H](c2ccccn2)[C@H]1c1ccc(-c2cccc(Cl)c2Cl)o1. The van der Waals surface area contributed by atoms with Gasteiger partial charge in [-0.25, -0.2) is 0 Å². The second kappa shape index (κ2) is 7.74. The van der Waals surface area contributed by atoms with Crippen LogP contribution in [-0.4, -0.2) is 21.0 Å². The van der Waals surface area contributed by atoms with Gasteiger partial charge in [0, 0.05) is 17.8 Å². The number of hydrogen-bond donors (Lipinski definition) is 1. The summed E-state index contributed by atoms with van der Waals surface area (Å²) < 4.78 is 6.26. The number of nitrogens with zero attached hydrogens (tertiary/aromatic N) is 2. The fraction of sp³-hybridized carbons (Fsp3) is 0.238. The lowest BCUT2D eigenvalue weighted by atomic mass is 10.0. The maximum atomic E-state index is 6.38. The van der Waals surface area contributed by atoms with Gasteiger partial charge in [-0.05, 0) is 62.5 Å². The van der Waals surface area contributed by atoms with Gasteiger partial charge in [-0.15, -0.1) is 0 Å². The molecule has 0 aliphatic carbocycles.